The molecule has 0 aliphatic carbocycles. The predicted molar refractivity (Wildman–Crippen MR) is 58.2 cm³/mol. The number of halogens is 1. The van der Waals surface area contributed by atoms with Crippen LogP contribution in [0, 0.1) is 27.8 Å². The maximum Gasteiger partial charge on any atom is 0.305 e. The molecule has 0 aliphatic rings. The molecule has 1 aromatic rings. The third-order valence-electron chi connectivity index (χ3n) is 1.96. The zero-order chi connectivity index (χ0) is 12.0. The molecule has 16 heavy (non-hydrogen) atoms. The molecular formula is C11H11FN2O2. The van der Waals surface area contributed by atoms with Crippen molar-refractivity contribution in [2.45, 2.75) is 13.5 Å². The summed E-state index contributed by atoms with van der Waals surface area (Å²) in [5, 5.41) is 13.3. The van der Waals surface area contributed by atoms with E-state index in [0.29, 0.717) is 6.54 Å². The Kier molecular flexibility index (Phi) is 4.42. The van der Waals surface area contributed by atoms with Crippen molar-refractivity contribution < 1.29 is 9.31 Å². The standard InChI is InChI=1S/C11H11FN2O2/c1-2-3-7-13-8-9-5-4-6-10(11(9)12)14(15)16/h4-6,13H,7-8H2,1H3. The number of nitro groups is 1. The minimum absolute atomic E-state index is 0.224. The lowest BCUT2D eigenvalue weighted by Gasteiger charge is -2.03. The first-order valence-electron chi connectivity index (χ1n) is 4.69. The summed E-state index contributed by atoms with van der Waals surface area (Å²) in [6.07, 6.45) is 0. The highest BCUT2D eigenvalue weighted by Gasteiger charge is 2.16. The van der Waals surface area contributed by atoms with Crippen LogP contribution in [0.2, 0.25) is 0 Å². The van der Waals surface area contributed by atoms with Crippen LogP contribution in [0.15, 0.2) is 18.2 Å². The van der Waals surface area contributed by atoms with E-state index in [1.165, 1.54) is 12.1 Å². The molecule has 0 saturated heterocycles. The van der Waals surface area contributed by atoms with Crippen molar-refractivity contribution in [2.75, 3.05) is 6.54 Å². The van der Waals surface area contributed by atoms with Gasteiger partial charge >= 0.3 is 5.69 Å². The fraction of sp³-hybridized carbons (Fsp3) is 0.273. The summed E-state index contributed by atoms with van der Waals surface area (Å²) in [6.45, 7) is 2.36. The summed E-state index contributed by atoms with van der Waals surface area (Å²) < 4.78 is 13.5. The summed E-state index contributed by atoms with van der Waals surface area (Å²) in [5.74, 6) is 4.65. The van der Waals surface area contributed by atoms with Crippen molar-refractivity contribution in [1.82, 2.24) is 5.32 Å². The SMILES string of the molecule is CC#CCNCc1cccc([N+](=O)[O-])c1F. The van der Waals surface area contributed by atoms with Gasteiger partial charge in [-0.2, -0.15) is 4.39 Å². The van der Waals surface area contributed by atoms with Crippen LogP contribution in [0.4, 0.5) is 10.1 Å². The second-order valence-electron chi connectivity index (χ2n) is 3.04. The molecule has 0 unspecified atom stereocenters. The smallest absolute Gasteiger partial charge is 0.302 e. The van der Waals surface area contributed by atoms with E-state index in [0.717, 1.165) is 6.07 Å². The minimum atomic E-state index is -0.788. The maximum absolute atomic E-state index is 13.5. The molecule has 84 valence electrons. The van der Waals surface area contributed by atoms with Crippen LogP contribution in [-0.4, -0.2) is 11.5 Å². The molecule has 0 radical (unpaired) electrons. The Bertz CT molecular complexity index is 449. The Balaban J connectivity index is 2.76. The highest BCUT2D eigenvalue weighted by Crippen LogP contribution is 2.19. The summed E-state index contributed by atoms with van der Waals surface area (Å²) >= 11 is 0. The molecule has 0 atom stereocenters. The molecule has 0 aliphatic heterocycles. The Morgan fingerprint density at radius 2 is 2.31 bits per heavy atom. The van der Waals surface area contributed by atoms with E-state index in [1.54, 1.807) is 6.92 Å². The quantitative estimate of drug-likeness (QED) is 0.366. The van der Waals surface area contributed by atoms with E-state index in [9.17, 15) is 14.5 Å². The molecular weight excluding hydrogens is 211 g/mol. The Hall–Kier alpha value is -1.93. The molecule has 1 aromatic carbocycles. The van der Waals surface area contributed by atoms with Crippen LogP contribution in [0.5, 0.6) is 0 Å². The van der Waals surface area contributed by atoms with Crippen molar-refractivity contribution in [3.8, 4) is 11.8 Å². The van der Waals surface area contributed by atoms with Gasteiger partial charge in [-0.3, -0.25) is 10.1 Å². The molecule has 0 heterocycles. The fourth-order valence-corrected chi connectivity index (χ4v) is 1.19. The van der Waals surface area contributed by atoms with Crippen LogP contribution in [0.25, 0.3) is 0 Å². The van der Waals surface area contributed by atoms with Crippen molar-refractivity contribution in [2.24, 2.45) is 0 Å². The van der Waals surface area contributed by atoms with Gasteiger partial charge in [-0.15, -0.1) is 5.92 Å². The van der Waals surface area contributed by atoms with Gasteiger partial charge in [0.15, 0.2) is 0 Å². The Labute approximate surface area is 92.6 Å². The molecule has 0 fully saturated rings. The van der Waals surface area contributed by atoms with E-state index in [4.69, 9.17) is 0 Å². The van der Waals surface area contributed by atoms with E-state index in [-0.39, 0.29) is 12.1 Å². The van der Waals surface area contributed by atoms with E-state index in [1.807, 2.05) is 0 Å². The molecule has 5 heteroatoms. The van der Waals surface area contributed by atoms with Gasteiger partial charge in [-0.1, -0.05) is 18.1 Å². The molecule has 1 rings (SSSR count). The topological polar surface area (TPSA) is 55.2 Å². The van der Waals surface area contributed by atoms with Gasteiger partial charge in [0.05, 0.1) is 11.5 Å². The van der Waals surface area contributed by atoms with Crippen molar-refractivity contribution in [1.29, 1.82) is 0 Å². The number of nitro benzene ring substituents is 1. The molecule has 0 bridgehead atoms. The maximum atomic E-state index is 13.5. The third kappa shape index (κ3) is 3.04. The average molecular weight is 222 g/mol. The number of hydrogen-bond donors (Lipinski definition) is 1. The van der Waals surface area contributed by atoms with E-state index >= 15 is 0 Å². The summed E-state index contributed by atoms with van der Waals surface area (Å²) in [6, 6.07) is 4.11. The van der Waals surface area contributed by atoms with Crippen LogP contribution in [0.1, 0.15) is 12.5 Å². The number of benzene rings is 1. The van der Waals surface area contributed by atoms with Gasteiger partial charge in [0.1, 0.15) is 0 Å². The monoisotopic (exact) mass is 222 g/mol. The summed E-state index contributed by atoms with van der Waals surface area (Å²) in [7, 11) is 0. The number of rotatable bonds is 4. The van der Waals surface area contributed by atoms with Crippen LogP contribution >= 0.6 is 0 Å². The second kappa shape index (κ2) is 5.83. The molecule has 0 spiro atoms. The van der Waals surface area contributed by atoms with E-state index in [2.05, 4.69) is 17.2 Å². The minimum Gasteiger partial charge on any atom is -0.302 e. The first-order chi connectivity index (χ1) is 7.66. The fourth-order valence-electron chi connectivity index (χ4n) is 1.19. The van der Waals surface area contributed by atoms with Gasteiger partial charge in [0, 0.05) is 18.2 Å². The van der Waals surface area contributed by atoms with Crippen molar-refractivity contribution in [3.05, 3.63) is 39.7 Å². The first kappa shape index (κ1) is 12.1. The second-order valence-corrected chi connectivity index (χ2v) is 3.04. The van der Waals surface area contributed by atoms with Gasteiger partial charge in [-0.05, 0) is 6.92 Å². The number of nitrogens with one attached hydrogen (secondary N) is 1. The first-order valence-corrected chi connectivity index (χ1v) is 4.69. The average Bonchev–Trinajstić information content (AvgIpc) is 2.26. The number of nitrogens with zero attached hydrogens (tertiary/aromatic N) is 1. The summed E-state index contributed by atoms with van der Waals surface area (Å²) in [4.78, 5) is 9.74. The summed E-state index contributed by atoms with van der Waals surface area (Å²) in [5.41, 5.74) is -0.229. The molecule has 0 amide bonds. The lowest BCUT2D eigenvalue weighted by Crippen LogP contribution is -2.14. The van der Waals surface area contributed by atoms with Crippen LogP contribution in [-0.2, 0) is 6.54 Å². The van der Waals surface area contributed by atoms with Crippen LogP contribution in [0.3, 0.4) is 0 Å². The zero-order valence-electron chi connectivity index (χ0n) is 8.79. The molecule has 1 N–H and O–H groups in total. The Morgan fingerprint density at radius 3 is 2.94 bits per heavy atom. The molecule has 4 nitrogen and oxygen atoms in total. The third-order valence-corrected chi connectivity index (χ3v) is 1.96. The normalized spacial score (nSPS) is 9.38. The highest BCUT2D eigenvalue weighted by atomic mass is 19.1. The van der Waals surface area contributed by atoms with Gasteiger partial charge in [0.2, 0.25) is 5.82 Å². The van der Waals surface area contributed by atoms with Crippen molar-refractivity contribution in [3.63, 3.8) is 0 Å². The number of hydrogen-bond acceptors (Lipinski definition) is 3. The van der Waals surface area contributed by atoms with Gasteiger partial charge in [-0.25, -0.2) is 0 Å². The van der Waals surface area contributed by atoms with Crippen molar-refractivity contribution >= 4 is 5.69 Å². The lowest BCUT2D eigenvalue weighted by molar-refractivity contribution is -0.387. The van der Waals surface area contributed by atoms with Gasteiger partial charge in [0.25, 0.3) is 0 Å². The molecule has 0 saturated carbocycles. The largest absolute Gasteiger partial charge is 0.305 e. The predicted octanol–water partition coefficient (Wildman–Crippen LogP) is 1.85. The van der Waals surface area contributed by atoms with Gasteiger partial charge < -0.3 is 5.32 Å². The van der Waals surface area contributed by atoms with Crippen LogP contribution < -0.4 is 5.32 Å². The van der Waals surface area contributed by atoms with E-state index < -0.39 is 16.4 Å². The Morgan fingerprint density at radius 1 is 1.56 bits per heavy atom. The highest BCUT2D eigenvalue weighted by molar-refractivity contribution is 5.36. The zero-order valence-corrected chi connectivity index (χ0v) is 8.79. The lowest BCUT2D eigenvalue weighted by atomic mass is 10.2. The molecule has 0 aromatic heterocycles.